The topological polar surface area (TPSA) is 34.1 Å². The van der Waals surface area contributed by atoms with E-state index in [0.29, 0.717) is 24.4 Å². The maximum atomic E-state index is 12.4. The van der Waals surface area contributed by atoms with Gasteiger partial charge >= 0.3 is 0 Å². The van der Waals surface area contributed by atoms with Crippen molar-refractivity contribution in [1.29, 1.82) is 0 Å². The fourth-order valence-electron chi connectivity index (χ4n) is 3.60. The van der Waals surface area contributed by atoms with E-state index in [4.69, 9.17) is 0 Å². The zero-order valence-corrected chi connectivity index (χ0v) is 11.1. The minimum Gasteiger partial charge on any atom is -0.299 e. The van der Waals surface area contributed by atoms with E-state index >= 15 is 0 Å². The summed E-state index contributed by atoms with van der Waals surface area (Å²) in [5.41, 5.74) is 0.838. The van der Waals surface area contributed by atoms with Gasteiger partial charge in [0.05, 0.1) is 0 Å². The van der Waals surface area contributed by atoms with Gasteiger partial charge in [-0.1, -0.05) is 26.0 Å². The van der Waals surface area contributed by atoms with Crippen LogP contribution in [-0.2, 0) is 9.59 Å². The van der Waals surface area contributed by atoms with Crippen LogP contribution in [0.4, 0.5) is 0 Å². The third-order valence-corrected chi connectivity index (χ3v) is 5.12. The minimum atomic E-state index is -0.251. The number of carbonyl (C=O) groups excluding carboxylic acids is 2. The summed E-state index contributed by atoms with van der Waals surface area (Å²) in [7, 11) is 0. The lowest BCUT2D eigenvalue weighted by atomic mass is 9.54. The van der Waals surface area contributed by atoms with Crippen molar-refractivity contribution in [2.75, 3.05) is 0 Å². The molecule has 0 radical (unpaired) electrons. The Morgan fingerprint density at radius 3 is 2.65 bits per heavy atom. The van der Waals surface area contributed by atoms with Gasteiger partial charge in [0.1, 0.15) is 11.6 Å². The summed E-state index contributed by atoms with van der Waals surface area (Å²) < 4.78 is 0. The van der Waals surface area contributed by atoms with Crippen molar-refractivity contribution in [2.24, 2.45) is 23.2 Å². The summed E-state index contributed by atoms with van der Waals surface area (Å²) >= 11 is 0. The molecular formula is C15H22O2. The average molecular weight is 234 g/mol. The number of ketones is 2. The van der Waals surface area contributed by atoms with Gasteiger partial charge in [-0.3, -0.25) is 9.59 Å². The monoisotopic (exact) mass is 234 g/mol. The summed E-state index contributed by atoms with van der Waals surface area (Å²) in [5, 5.41) is 0. The van der Waals surface area contributed by atoms with E-state index < -0.39 is 0 Å². The zero-order valence-electron chi connectivity index (χ0n) is 11.1. The van der Waals surface area contributed by atoms with Crippen molar-refractivity contribution in [2.45, 2.75) is 46.5 Å². The van der Waals surface area contributed by atoms with Crippen LogP contribution in [0.2, 0.25) is 0 Å². The highest BCUT2D eigenvalue weighted by atomic mass is 16.1. The molecular weight excluding hydrogens is 212 g/mol. The first-order valence-corrected chi connectivity index (χ1v) is 6.57. The minimum absolute atomic E-state index is 0.0415. The van der Waals surface area contributed by atoms with Gasteiger partial charge in [0.25, 0.3) is 0 Å². The molecule has 2 aliphatic carbocycles. The van der Waals surface area contributed by atoms with Crippen molar-refractivity contribution in [3.8, 4) is 0 Å². The van der Waals surface area contributed by atoms with Gasteiger partial charge in [-0.2, -0.15) is 0 Å². The van der Waals surface area contributed by atoms with Crippen LogP contribution in [0.15, 0.2) is 12.2 Å². The first-order chi connectivity index (χ1) is 7.86. The second-order valence-corrected chi connectivity index (χ2v) is 6.19. The third-order valence-electron chi connectivity index (χ3n) is 5.12. The quantitative estimate of drug-likeness (QED) is 0.653. The van der Waals surface area contributed by atoms with Gasteiger partial charge < -0.3 is 0 Å². The Morgan fingerprint density at radius 1 is 1.41 bits per heavy atom. The maximum absolute atomic E-state index is 12.4. The van der Waals surface area contributed by atoms with Crippen molar-refractivity contribution in [3.63, 3.8) is 0 Å². The standard InChI is InChI=1S/C15H22O2/c1-9(2)11-7-12-10(3)13(16)5-6-15(12,4)14(17)8-11/h10-12H,1,5-8H2,2-4H3/t10-,11+,12+,15-/m1/s1. The Kier molecular flexibility index (Phi) is 3.01. The number of allylic oxidation sites excluding steroid dienone is 1. The first-order valence-electron chi connectivity index (χ1n) is 6.57. The Balaban J connectivity index is 2.31. The molecule has 0 aromatic carbocycles. The highest BCUT2D eigenvalue weighted by Crippen LogP contribution is 2.51. The van der Waals surface area contributed by atoms with Crippen LogP contribution in [0.5, 0.6) is 0 Å². The normalized spacial score (nSPS) is 42.2. The van der Waals surface area contributed by atoms with Crippen LogP contribution in [0.25, 0.3) is 0 Å². The molecule has 2 aliphatic rings. The van der Waals surface area contributed by atoms with E-state index in [2.05, 4.69) is 13.5 Å². The molecule has 4 atom stereocenters. The number of carbonyl (C=O) groups is 2. The molecule has 94 valence electrons. The largest absolute Gasteiger partial charge is 0.299 e. The number of fused-ring (bicyclic) bond motifs is 1. The molecule has 0 aliphatic heterocycles. The van der Waals surface area contributed by atoms with Crippen LogP contribution in [0.1, 0.15) is 46.5 Å². The van der Waals surface area contributed by atoms with E-state index in [-0.39, 0.29) is 23.2 Å². The van der Waals surface area contributed by atoms with Crippen LogP contribution < -0.4 is 0 Å². The highest BCUT2D eigenvalue weighted by molar-refractivity contribution is 5.91. The van der Waals surface area contributed by atoms with Crippen molar-refractivity contribution >= 4 is 11.6 Å². The number of hydrogen-bond acceptors (Lipinski definition) is 2. The Morgan fingerprint density at radius 2 is 2.06 bits per heavy atom. The predicted octanol–water partition coefficient (Wildman–Crippen LogP) is 3.16. The first kappa shape index (κ1) is 12.5. The van der Waals surface area contributed by atoms with Crippen LogP contribution >= 0.6 is 0 Å². The van der Waals surface area contributed by atoms with Crippen LogP contribution in [0.3, 0.4) is 0 Å². The lowest BCUT2D eigenvalue weighted by molar-refractivity contribution is -0.146. The molecule has 2 saturated carbocycles. The summed E-state index contributed by atoms with van der Waals surface area (Å²) in [4.78, 5) is 24.2. The third kappa shape index (κ3) is 1.88. The maximum Gasteiger partial charge on any atom is 0.139 e. The lowest BCUT2D eigenvalue weighted by Gasteiger charge is -2.48. The summed E-state index contributed by atoms with van der Waals surface area (Å²) in [6.07, 6.45) is 2.92. The SMILES string of the molecule is C=C(C)[C@@H]1CC(=O)[C@]2(C)CCC(=O)[C@H](C)[C@@H]2C1. The Hall–Kier alpha value is -0.920. The zero-order chi connectivity index (χ0) is 12.8. The van der Waals surface area contributed by atoms with Gasteiger partial charge in [0.2, 0.25) is 0 Å². The number of Topliss-reactive ketones (excluding diaryl/α,β-unsaturated/α-hetero) is 2. The molecule has 0 spiro atoms. The van der Waals surface area contributed by atoms with E-state index in [9.17, 15) is 9.59 Å². The van der Waals surface area contributed by atoms with Crippen LogP contribution in [0, 0.1) is 23.2 Å². The molecule has 0 bridgehead atoms. The molecule has 17 heavy (non-hydrogen) atoms. The molecule has 2 heteroatoms. The fourth-order valence-corrected chi connectivity index (χ4v) is 3.60. The van der Waals surface area contributed by atoms with E-state index in [0.717, 1.165) is 18.4 Å². The average Bonchev–Trinajstić information content (AvgIpc) is 2.26. The summed E-state index contributed by atoms with van der Waals surface area (Å²) in [5.74, 6) is 1.24. The number of rotatable bonds is 1. The van der Waals surface area contributed by atoms with Crippen LogP contribution in [-0.4, -0.2) is 11.6 Å². The summed E-state index contributed by atoms with van der Waals surface area (Å²) in [6, 6.07) is 0. The fraction of sp³-hybridized carbons (Fsp3) is 0.733. The van der Waals surface area contributed by atoms with E-state index in [1.54, 1.807) is 0 Å². The Labute approximate surface area is 103 Å². The molecule has 2 nitrogen and oxygen atoms in total. The molecule has 0 unspecified atom stereocenters. The predicted molar refractivity (Wildman–Crippen MR) is 67.5 cm³/mol. The molecule has 2 fully saturated rings. The summed E-state index contributed by atoms with van der Waals surface area (Å²) in [6.45, 7) is 10.0. The molecule has 0 amide bonds. The molecule has 0 aromatic rings. The smallest absolute Gasteiger partial charge is 0.139 e. The van der Waals surface area contributed by atoms with Gasteiger partial charge in [-0.25, -0.2) is 0 Å². The number of hydrogen-bond donors (Lipinski definition) is 0. The van der Waals surface area contributed by atoms with Crippen molar-refractivity contribution in [1.82, 2.24) is 0 Å². The second-order valence-electron chi connectivity index (χ2n) is 6.19. The molecule has 0 aromatic heterocycles. The van der Waals surface area contributed by atoms with Crippen molar-refractivity contribution < 1.29 is 9.59 Å². The van der Waals surface area contributed by atoms with Gasteiger partial charge in [-0.15, -0.1) is 0 Å². The van der Waals surface area contributed by atoms with E-state index in [1.165, 1.54) is 0 Å². The molecule has 0 heterocycles. The van der Waals surface area contributed by atoms with E-state index in [1.807, 2.05) is 13.8 Å². The second kappa shape index (κ2) is 4.08. The van der Waals surface area contributed by atoms with Crippen molar-refractivity contribution in [3.05, 3.63) is 12.2 Å². The van der Waals surface area contributed by atoms with Gasteiger partial charge in [0.15, 0.2) is 0 Å². The van der Waals surface area contributed by atoms with Gasteiger partial charge in [-0.05, 0) is 31.6 Å². The van der Waals surface area contributed by atoms with Gasteiger partial charge in [0, 0.05) is 24.2 Å². The highest BCUT2D eigenvalue weighted by Gasteiger charge is 2.52. The molecule has 0 saturated heterocycles. The molecule has 0 N–H and O–H groups in total. The molecule has 2 rings (SSSR count). The Bertz CT molecular complexity index is 382. The lowest BCUT2D eigenvalue weighted by Crippen LogP contribution is -2.50.